The van der Waals surface area contributed by atoms with Crippen molar-refractivity contribution in [2.75, 3.05) is 44.7 Å². The number of amides is 1. The van der Waals surface area contributed by atoms with Gasteiger partial charge < -0.3 is 14.5 Å². The van der Waals surface area contributed by atoms with E-state index in [0.717, 1.165) is 55.8 Å². The number of ether oxygens (including phenoxy) is 1. The predicted molar refractivity (Wildman–Crippen MR) is 86.1 cm³/mol. The molecule has 2 aliphatic heterocycles. The quantitative estimate of drug-likeness (QED) is 0.781. The third-order valence-electron chi connectivity index (χ3n) is 4.30. The molecule has 114 valence electrons. The highest BCUT2D eigenvalue weighted by Gasteiger charge is 2.33. The van der Waals surface area contributed by atoms with Gasteiger partial charge in [-0.1, -0.05) is 34.1 Å². The molecule has 0 radical (unpaired) electrons. The van der Waals surface area contributed by atoms with E-state index >= 15 is 0 Å². The number of nitrogens with zero attached hydrogens (tertiary/aromatic N) is 2. The number of carbonyl (C=O) groups excluding carboxylic acids is 1. The molecule has 21 heavy (non-hydrogen) atoms. The van der Waals surface area contributed by atoms with Crippen molar-refractivity contribution < 1.29 is 9.53 Å². The first-order valence-corrected chi connectivity index (χ1v) is 8.70. The molecule has 0 spiro atoms. The van der Waals surface area contributed by atoms with Gasteiger partial charge >= 0.3 is 0 Å². The van der Waals surface area contributed by atoms with Gasteiger partial charge in [-0.2, -0.15) is 0 Å². The Morgan fingerprint density at radius 3 is 2.95 bits per heavy atom. The van der Waals surface area contributed by atoms with Gasteiger partial charge in [0.1, 0.15) is 18.3 Å². The second-order valence-corrected chi connectivity index (χ2v) is 6.40. The second kappa shape index (κ2) is 6.79. The Labute approximate surface area is 134 Å². The molecule has 2 heterocycles. The predicted octanol–water partition coefficient (Wildman–Crippen LogP) is 2.09. The Morgan fingerprint density at radius 2 is 2.10 bits per heavy atom. The van der Waals surface area contributed by atoms with Crippen molar-refractivity contribution in [1.29, 1.82) is 0 Å². The SMILES string of the molecule is O=C(C1COc2ccccc21)N1CCCN(CCBr)CC1. The molecule has 0 N–H and O–H groups in total. The molecule has 0 aromatic heterocycles. The zero-order valence-corrected chi connectivity index (χ0v) is 13.7. The zero-order chi connectivity index (χ0) is 14.7. The van der Waals surface area contributed by atoms with Crippen LogP contribution in [0.25, 0.3) is 0 Å². The fourth-order valence-electron chi connectivity index (χ4n) is 3.12. The Balaban J connectivity index is 1.66. The van der Waals surface area contributed by atoms with Gasteiger partial charge in [0.2, 0.25) is 5.91 Å². The van der Waals surface area contributed by atoms with Gasteiger partial charge in [-0.05, 0) is 19.0 Å². The monoisotopic (exact) mass is 352 g/mol. The molecular formula is C16H21BrN2O2. The lowest BCUT2D eigenvalue weighted by molar-refractivity contribution is -0.132. The number of para-hydroxylation sites is 1. The summed E-state index contributed by atoms with van der Waals surface area (Å²) in [5.74, 6) is 0.969. The molecule has 1 amide bonds. The van der Waals surface area contributed by atoms with Gasteiger partial charge in [0.05, 0.1) is 0 Å². The number of hydrogen-bond acceptors (Lipinski definition) is 3. The summed E-state index contributed by atoms with van der Waals surface area (Å²) in [5, 5.41) is 0.991. The average Bonchev–Trinajstić information content (AvgIpc) is 2.80. The molecule has 3 rings (SSSR count). The summed E-state index contributed by atoms with van der Waals surface area (Å²) in [6, 6.07) is 7.90. The second-order valence-electron chi connectivity index (χ2n) is 5.61. The smallest absolute Gasteiger partial charge is 0.233 e. The number of halogens is 1. The van der Waals surface area contributed by atoms with Crippen LogP contribution in [0.2, 0.25) is 0 Å². The van der Waals surface area contributed by atoms with Gasteiger partial charge in [-0.15, -0.1) is 0 Å². The maximum Gasteiger partial charge on any atom is 0.233 e. The highest BCUT2D eigenvalue weighted by molar-refractivity contribution is 9.09. The third-order valence-corrected chi connectivity index (χ3v) is 4.65. The van der Waals surface area contributed by atoms with E-state index in [1.165, 1.54) is 0 Å². The van der Waals surface area contributed by atoms with E-state index in [2.05, 4.69) is 20.8 Å². The van der Waals surface area contributed by atoms with E-state index in [0.29, 0.717) is 6.61 Å². The minimum absolute atomic E-state index is 0.121. The third kappa shape index (κ3) is 3.24. The highest BCUT2D eigenvalue weighted by Crippen LogP contribution is 2.34. The van der Waals surface area contributed by atoms with Crippen molar-refractivity contribution >= 4 is 21.8 Å². The van der Waals surface area contributed by atoms with Crippen LogP contribution < -0.4 is 4.74 Å². The van der Waals surface area contributed by atoms with Crippen LogP contribution in [-0.2, 0) is 4.79 Å². The van der Waals surface area contributed by atoms with Gasteiger partial charge in [0.25, 0.3) is 0 Å². The van der Waals surface area contributed by atoms with Crippen LogP contribution in [0, 0.1) is 0 Å². The summed E-state index contributed by atoms with van der Waals surface area (Å²) >= 11 is 3.49. The minimum atomic E-state index is -0.121. The molecule has 2 aliphatic rings. The number of fused-ring (bicyclic) bond motifs is 1. The van der Waals surface area contributed by atoms with Crippen LogP contribution in [0.3, 0.4) is 0 Å². The highest BCUT2D eigenvalue weighted by atomic mass is 79.9. The van der Waals surface area contributed by atoms with E-state index in [4.69, 9.17) is 4.74 Å². The molecule has 0 saturated carbocycles. The number of alkyl halides is 1. The molecular weight excluding hydrogens is 332 g/mol. The average molecular weight is 353 g/mol. The van der Waals surface area contributed by atoms with Crippen LogP contribution in [0.15, 0.2) is 24.3 Å². The fraction of sp³-hybridized carbons (Fsp3) is 0.562. The van der Waals surface area contributed by atoms with Crippen LogP contribution in [0.4, 0.5) is 0 Å². The van der Waals surface area contributed by atoms with Crippen molar-refractivity contribution in [1.82, 2.24) is 9.80 Å². The number of benzene rings is 1. The lowest BCUT2D eigenvalue weighted by Crippen LogP contribution is -2.38. The topological polar surface area (TPSA) is 32.8 Å². The summed E-state index contributed by atoms with van der Waals surface area (Å²) in [6.07, 6.45) is 1.05. The Morgan fingerprint density at radius 1 is 1.24 bits per heavy atom. The van der Waals surface area contributed by atoms with Crippen LogP contribution in [0.1, 0.15) is 17.9 Å². The summed E-state index contributed by atoms with van der Waals surface area (Å²) in [4.78, 5) is 17.2. The van der Waals surface area contributed by atoms with Crippen molar-refractivity contribution in [2.45, 2.75) is 12.3 Å². The lowest BCUT2D eigenvalue weighted by Gasteiger charge is -2.24. The van der Waals surface area contributed by atoms with E-state index in [1.807, 2.05) is 29.2 Å². The van der Waals surface area contributed by atoms with Crippen molar-refractivity contribution in [3.05, 3.63) is 29.8 Å². The zero-order valence-electron chi connectivity index (χ0n) is 12.1. The summed E-state index contributed by atoms with van der Waals surface area (Å²) in [5.41, 5.74) is 1.05. The normalized spacial score (nSPS) is 22.5. The van der Waals surface area contributed by atoms with E-state index in [9.17, 15) is 4.79 Å². The van der Waals surface area contributed by atoms with E-state index < -0.39 is 0 Å². The Hall–Kier alpha value is -1.07. The van der Waals surface area contributed by atoms with Gasteiger partial charge in [0.15, 0.2) is 0 Å². The molecule has 5 heteroatoms. The first-order chi connectivity index (χ1) is 10.3. The van der Waals surface area contributed by atoms with Crippen LogP contribution >= 0.6 is 15.9 Å². The molecule has 1 saturated heterocycles. The fourth-order valence-corrected chi connectivity index (χ4v) is 3.62. The molecule has 0 aliphatic carbocycles. The summed E-state index contributed by atoms with van der Waals surface area (Å²) in [6.45, 7) is 5.26. The number of rotatable bonds is 3. The standard InChI is InChI=1S/C16H21BrN2O2/c17-6-9-18-7-3-8-19(11-10-18)16(20)14-12-21-15-5-2-1-4-13(14)15/h1-2,4-5,14H,3,6-12H2. The Bertz CT molecular complexity index is 509. The maximum absolute atomic E-state index is 12.8. The lowest BCUT2D eigenvalue weighted by atomic mass is 10.00. The molecule has 1 aromatic carbocycles. The molecule has 1 aromatic rings. The van der Waals surface area contributed by atoms with Gasteiger partial charge in [0, 0.05) is 37.1 Å². The number of hydrogen-bond donors (Lipinski definition) is 0. The maximum atomic E-state index is 12.8. The van der Waals surface area contributed by atoms with Crippen molar-refractivity contribution in [3.8, 4) is 5.75 Å². The molecule has 1 fully saturated rings. The van der Waals surface area contributed by atoms with Gasteiger partial charge in [-0.3, -0.25) is 4.79 Å². The van der Waals surface area contributed by atoms with Crippen LogP contribution in [-0.4, -0.2) is 60.4 Å². The first kappa shape index (κ1) is 14.9. The first-order valence-electron chi connectivity index (χ1n) is 7.58. The molecule has 1 atom stereocenters. The van der Waals surface area contributed by atoms with Crippen LogP contribution in [0.5, 0.6) is 5.75 Å². The Kier molecular flexibility index (Phi) is 4.80. The molecule has 0 bridgehead atoms. The van der Waals surface area contributed by atoms with Gasteiger partial charge in [-0.25, -0.2) is 0 Å². The largest absolute Gasteiger partial charge is 0.492 e. The van der Waals surface area contributed by atoms with E-state index in [1.54, 1.807) is 0 Å². The minimum Gasteiger partial charge on any atom is -0.492 e. The van der Waals surface area contributed by atoms with E-state index in [-0.39, 0.29) is 11.8 Å². The van der Waals surface area contributed by atoms with Crippen molar-refractivity contribution in [2.24, 2.45) is 0 Å². The number of carbonyl (C=O) groups is 1. The molecule has 1 unspecified atom stereocenters. The molecule has 4 nitrogen and oxygen atoms in total. The van der Waals surface area contributed by atoms with Crippen molar-refractivity contribution in [3.63, 3.8) is 0 Å². The summed E-state index contributed by atoms with van der Waals surface area (Å²) in [7, 11) is 0. The summed E-state index contributed by atoms with van der Waals surface area (Å²) < 4.78 is 5.65.